The zero-order valence-corrected chi connectivity index (χ0v) is 39.9. The molecule has 2 aliphatic carbocycles. The quantitative estimate of drug-likeness (QED) is 0.113. The zero-order valence-electron chi connectivity index (χ0n) is 39.0. The fourth-order valence-corrected chi connectivity index (χ4v) is 13.3. The molecule has 0 bridgehead atoms. The van der Waals surface area contributed by atoms with Gasteiger partial charge in [-0.1, -0.05) is 214 Å². The highest BCUT2D eigenvalue weighted by Gasteiger charge is 2.31. The van der Waals surface area contributed by atoms with Gasteiger partial charge >= 0.3 is 0 Å². The number of aryl methyl sites for hydroxylation is 3. The molecule has 1 N–H and O–H groups in total. The summed E-state index contributed by atoms with van der Waals surface area (Å²) in [6, 6.07) is 65.6. The highest BCUT2D eigenvalue weighted by molar-refractivity contribution is 7.80. The van der Waals surface area contributed by atoms with Crippen LogP contribution < -0.4 is 43.1 Å². The van der Waals surface area contributed by atoms with Gasteiger partial charge in [0, 0.05) is 12.1 Å². The molecule has 7 aromatic carbocycles. The maximum absolute atomic E-state index is 3.86. The molecule has 0 heterocycles. The average molecular weight is 847 g/mol. The average Bonchev–Trinajstić information content (AvgIpc) is 3.33. The van der Waals surface area contributed by atoms with Crippen molar-refractivity contribution in [2.24, 2.45) is 0 Å². The highest BCUT2D eigenvalue weighted by Crippen LogP contribution is 2.38. The van der Waals surface area contributed by atoms with Crippen LogP contribution in [-0.2, 0) is 0 Å². The maximum Gasteiger partial charge on any atom is 0.108 e. The van der Waals surface area contributed by atoms with E-state index in [9.17, 15) is 0 Å². The summed E-state index contributed by atoms with van der Waals surface area (Å²) < 4.78 is 0. The first kappa shape index (κ1) is 46.0. The summed E-state index contributed by atoms with van der Waals surface area (Å²) in [6.07, 6.45) is 13.3. The molecule has 0 radical (unpaired) electrons. The first-order chi connectivity index (χ1) is 30.8. The van der Waals surface area contributed by atoms with Gasteiger partial charge in [0.1, 0.15) is 6.15 Å². The predicted octanol–water partition coefficient (Wildman–Crippen LogP) is 11.6. The van der Waals surface area contributed by atoms with Gasteiger partial charge in [0.2, 0.25) is 0 Å². The van der Waals surface area contributed by atoms with Crippen LogP contribution in [-0.4, -0.2) is 18.2 Å². The number of rotatable bonds is 9. The van der Waals surface area contributed by atoms with Crippen LogP contribution in [0.15, 0.2) is 176 Å². The second-order valence-electron chi connectivity index (χ2n) is 18.3. The second-order valence-corrected chi connectivity index (χ2v) is 20.5. The van der Waals surface area contributed by atoms with Crippen molar-refractivity contribution >= 4 is 51.8 Å². The molecule has 0 amide bonds. The fourth-order valence-electron chi connectivity index (χ4n) is 10.3. The van der Waals surface area contributed by atoms with Gasteiger partial charge in [-0.15, -0.1) is 0 Å². The van der Waals surface area contributed by atoms with Gasteiger partial charge < -0.3 is 5.32 Å². The van der Waals surface area contributed by atoms with Gasteiger partial charge in [0.25, 0.3) is 0 Å². The van der Waals surface area contributed by atoms with Crippen molar-refractivity contribution in [1.29, 1.82) is 0 Å². The summed E-state index contributed by atoms with van der Waals surface area (Å²) in [5.41, 5.74) is 13.8. The molecule has 0 saturated heterocycles. The lowest BCUT2D eigenvalue weighted by Gasteiger charge is -2.44. The van der Waals surface area contributed by atoms with E-state index in [1.807, 2.05) is 0 Å². The molecular formula is C60H70BNP-. The minimum atomic E-state index is -1.22. The van der Waals surface area contributed by atoms with Crippen LogP contribution >= 0.6 is 7.92 Å². The summed E-state index contributed by atoms with van der Waals surface area (Å²) in [5, 5.41) is 8.31. The van der Waals surface area contributed by atoms with Crippen LogP contribution in [0.4, 0.5) is 0 Å². The molecule has 7 aromatic rings. The normalized spacial score (nSPS) is 14.6. The number of hydrogen-bond acceptors (Lipinski definition) is 1. The molecule has 9 rings (SSSR count). The van der Waals surface area contributed by atoms with Crippen molar-refractivity contribution in [2.75, 3.05) is 0 Å². The smallest absolute Gasteiger partial charge is 0.108 e. The van der Waals surface area contributed by atoms with E-state index in [1.54, 1.807) is 0 Å². The molecule has 0 spiro atoms. The molecular weight excluding hydrogens is 776 g/mol. The predicted molar refractivity (Wildman–Crippen MR) is 281 cm³/mol. The van der Waals surface area contributed by atoms with Crippen LogP contribution in [0.25, 0.3) is 0 Å². The SMILES string of the molecule is C1CCC(NC2CCCCC2)CC1.Cc1cccc(P(c2cccc(C)c2C)c2cccc(C)c2C)c1C.c1ccc([B-](c2ccccc2)(c2ccccc2)c2ccccc2)cc1. The third-order valence-electron chi connectivity index (χ3n) is 14.3. The summed E-state index contributed by atoms with van der Waals surface area (Å²) in [7, 11) is -0.557. The molecule has 0 unspecified atom stereocenters. The third-order valence-corrected chi connectivity index (χ3v) is 17.2. The molecule has 0 aromatic heterocycles. The summed E-state index contributed by atoms with van der Waals surface area (Å²) in [4.78, 5) is 0. The lowest BCUT2D eigenvalue weighted by Crippen LogP contribution is -2.74. The largest absolute Gasteiger partial charge is 0.311 e. The van der Waals surface area contributed by atoms with Crippen molar-refractivity contribution in [1.82, 2.24) is 5.32 Å². The Morgan fingerprint density at radius 2 is 0.603 bits per heavy atom. The van der Waals surface area contributed by atoms with Crippen LogP contribution in [0.2, 0.25) is 0 Å². The van der Waals surface area contributed by atoms with Crippen LogP contribution in [0.1, 0.15) is 97.6 Å². The Bertz CT molecular complexity index is 2150. The number of hydrogen-bond donors (Lipinski definition) is 1. The molecule has 2 aliphatic rings. The van der Waals surface area contributed by atoms with E-state index in [-0.39, 0.29) is 0 Å². The van der Waals surface area contributed by atoms with Crippen molar-refractivity contribution in [3.05, 3.63) is 209 Å². The summed E-state index contributed by atoms with van der Waals surface area (Å²) in [6.45, 7) is 13.5. The Hall–Kier alpha value is -5.01. The maximum atomic E-state index is 3.86. The monoisotopic (exact) mass is 847 g/mol. The Balaban J connectivity index is 0.000000149. The Labute approximate surface area is 382 Å². The molecule has 3 heteroatoms. The molecule has 0 aliphatic heterocycles. The third kappa shape index (κ3) is 11.0. The van der Waals surface area contributed by atoms with E-state index in [4.69, 9.17) is 0 Å². The van der Waals surface area contributed by atoms with Gasteiger partial charge in [0.05, 0.1) is 0 Å². The summed E-state index contributed by atoms with van der Waals surface area (Å²) in [5.74, 6) is 0. The van der Waals surface area contributed by atoms with Crippen LogP contribution in [0, 0.1) is 41.5 Å². The van der Waals surface area contributed by atoms with Gasteiger partial charge in [0.15, 0.2) is 0 Å². The minimum Gasteiger partial charge on any atom is -0.311 e. The molecule has 1 nitrogen and oxygen atoms in total. The van der Waals surface area contributed by atoms with Crippen molar-refractivity contribution in [3.63, 3.8) is 0 Å². The van der Waals surface area contributed by atoms with E-state index in [2.05, 4.69) is 223 Å². The Morgan fingerprint density at radius 3 is 0.873 bits per heavy atom. The van der Waals surface area contributed by atoms with E-state index in [0.29, 0.717) is 0 Å². The molecule has 2 fully saturated rings. The second kappa shape index (κ2) is 22.6. The molecule has 63 heavy (non-hydrogen) atoms. The van der Waals surface area contributed by atoms with Crippen molar-refractivity contribution in [3.8, 4) is 0 Å². The standard InChI is InChI=1S/C24H20B.C24H27P.C12H23N/c1-5-13-21(14-6-1)25(22-15-7-2-8-16-22,23-17-9-3-10-18-23)24-19-11-4-12-20-24;1-16-10-7-13-22(19(16)4)25(23-14-8-11-17(2)20(23)5)24-15-9-12-18(3)21(24)6;1-3-7-11(8-4-1)13-12-9-5-2-6-10-12/h1-20H;7-15H,1-6H3;11-13H,1-10H2/q-1;;. The lowest BCUT2D eigenvalue weighted by atomic mass is 9.13. The van der Waals surface area contributed by atoms with Crippen LogP contribution in [0.3, 0.4) is 0 Å². The van der Waals surface area contributed by atoms with Gasteiger partial charge in [-0.2, -0.15) is 21.9 Å². The number of nitrogens with one attached hydrogen (secondary N) is 1. The molecule has 0 atom stereocenters. The fraction of sp³-hybridized carbons (Fsp3) is 0.300. The summed E-state index contributed by atoms with van der Waals surface area (Å²) >= 11 is 0. The topological polar surface area (TPSA) is 12.0 Å². The molecule has 2 saturated carbocycles. The van der Waals surface area contributed by atoms with E-state index < -0.39 is 14.1 Å². The van der Waals surface area contributed by atoms with Gasteiger partial charge in [-0.3, -0.25) is 0 Å². The highest BCUT2D eigenvalue weighted by atomic mass is 31.1. The lowest BCUT2D eigenvalue weighted by molar-refractivity contribution is 0.291. The van der Waals surface area contributed by atoms with Crippen molar-refractivity contribution in [2.45, 2.75) is 118 Å². The van der Waals surface area contributed by atoms with E-state index in [1.165, 1.54) is 135 Å². The van der Waals surface area contributed by atoms with E-state index >= 15 is 0 Å². The Morgan fingerprint density at radius 1 is 0.333 bits per heavy atom. The van der Waals surface area contributed by atoms with Crippen LogP contribution in [0.5, 0.6) is 0 Å². The number of benzene rings is 7. The van der Waals surface area contributed by atoms with Gasteiger partial charge in [-0.25, -0.2) is 0 Å². The minimum absolute atomic E-state index is 0.557. The van der Waals surface area contributed by atoms with E-state index in [0.717, 1.165) is 12.1 Å². The van der Waals surface area contributed by atoms with Crippen molar-refractivity contribution < 1.29 is 0 Å². The molecule has 324 valence electrons. The zero-order chi connectivity index (χ0) is 44.0. The van der Waals surface area contributed by atoms with Gasteiger partial charge in [-0.05, 0) is 124 Å². The first-order valence-electron chi connectivity index (χ1n) is 23.9. The Kier molecular flexibility index (Phi) is 16.5. The first-order valence-corrected chi connectivity index (χ1v) is 25.3.